The summed E-state index contributed by atoms with van der Waals surface area (Å²) in [5.41, 5.74) is 10.8. The molecule has 29 heavy (non-hydrogen) atoms. The molecule has 1 heterocycles. The van der Waals surface area contributed by atoms with Gasteiger partial charge in [0.1, 0.15) is 18.1 Å². The van der Waals surface area contributed by atoms with E-state index in [2.05, 4.69) is 23.3 Å². The van der Waals surface area contributed by atoms with Gasteiger partial charge in [-0.1, -0.05) is 13.8 Å². The van der Waals surface area contributed by atoms with Gasteiger partial charge in [0.15, 0.2) is 0 Å². The summed E-state index contributed by atoms with van der Waals surface area (Å²) >= 11 is 3.90. The Morgan fingerprint density at radius 1 is 1.21 bits per heavy atom. The molecular formula is C17H29N5O6S. The molecule has 0 aliphatic carbocycles. The highest BCUT2D eigenvalue weighted by molar-refractivity contribution is 7.80. The van der Waals surface area contributed by atoms with Crippen molar-refractivity contribution in [1.29, 1.82) is 0 Å². The van der Waals surface area contributed by atoms with E-state index in [1.807, 2.05) is 0 Å². The monoisotopic (exact) mass is 431 g/mol. The van der Waals surface area contributed by atoms with Gasteiger partial charge in [-0.2, -0.15) is 12.6 Å². The molecule has 0 radical (unpaired) electrons. The van der Waals surface area contributed by atoms with Crippen LogP contribution in [-0.4, -0.2) is 76.1 Å². The summed E-state index contributed by atoms with van der Waals surface area (Å²) in [6.45, 7) is 3.69. The molecule has 0 bridgehead atoms. The number of nitrogens with two attached hydrogens (primary N) is 2. The lowest BCUT2D eigenvalue weighted by molar-refractivity contribution is -0.143. The Morgan fingerprint density at radius 3 is 2.31 bits per heavy atom. The van der Waals surface area contributed by atoms with Crippen molar-refractivity contribution >= 4 is 42.2 Å². The Kier molecular flexibility index (Phi) is 9.37. The van der Waals surface area contributed by atoms with Gasteiger partial charge in [-0.3, -0.25) is 19.2 Å². The maximum absolute atomic E-state index is 12.8. The largest absolute Gasteiger partial charge is 0.480 e. The molecule has 4 amide bonds. The number of likely N-dealkylation sites (tertiary alicyclic amines) is 1. The predicted molar refractivity (Wildman–Crippen MR) is 107 cm³/mol. The van der Waals surface area contributed by atoms with E-state index in [1.54, 1.807) is 13.8 Å². The Hall–Kier alpha value is -2.34. The number of thiol groups is 1. The van der Waals surface area contributed by atoms with Crippen molar-refractivity contribution in [2.75, 3.05) is 12.3 Å². The van der Waals surface area contributed by atoms with E-state index in [0.29, 0.717) is 19.4 Å². The van der Waals surface area contributed by atoms with Crippen molar-refractivity contribution in [2.24, 2.45) is 17.4 Å². The minimum Gasteiger partial charge on any atom is -0.480 e. The lowest BCUT2D eigenvalue weighted by Gasteiger charge is -2.29. The second-order valence-electron chi connectivity index (χ2n) is 7.28. The second kappa shape index (κ2) is 11.0. The number of primary amides is 1. The van der Waals surface area contributed by atoms with Crippen LogP contribution >= 0.6 is 12.6 Å². The smallest absolute Gasteiger partial charge is 0.327 e. The summed E-state index contributed by atoms with van der Waals surface area (Å²) in [5.74, 6) is -4.17. The predicted octanol–water partition coefficient (Wildman–Crippen LogP) is -2.18. The van der Waals surface area contributed by atoms with Crippen LogP contribution in [0.3, 0.4) is 0 Å². The van der Waals surface area contributed by atoms with Gasteiger partial charge in [0.25, 0.3) is 0 Å². The minimum atomic E-state index is -1.24. The van der Waals surface area contributed by atoms with Crippen molar-refractivity contribution in [2.45, 2.75) is 57.3 Å². The van der Waals surface area contributed by atoms with Crippen LogP contribution in [0.25, 0.3) is 0 Å². The van der Waals surface area contributed by atoms with Crippen molar-refractivity contribution in [3.63, 3.8) is 0 Å². The molecule has 7 N–H and O–H groups in total. The fourth-order valence-corrected chi connectivity index (χ4v) is 3.30. The Labute approximate surface area is 174 Å². The van der Waals surface area contributed by atoms with E-state index in [-0.39, 0.29) is 18.1 Å². The number of rotatable bonds is 10. The summed E-state index contributed by atoms with van der Waals surface area (Å²) in [5, 5.41) is 14.0. The Bertz CT molecular complexity index is 658. The quantitative estimate of drug-likeness (QED) is 0.212. The number of carboxylic acid groups (broad SMARTS) is 1. The first-order chi connectivity index (χ1) is 13.5. The number of nitrogens with one attached hydrogen (secondary N) is 2. The van der Waals surface area contributed by atoms with E-state index in [1.165, 1.54) is 4.90 Å². The molecule has 0 saturated carbocycles. The maximum Gasteiger partial charge on any atom is 0.327 e. The summed E-state index contributed by atoms with van der Waals surface area (Å²) < 4.78 is 0. The fraction of sp³-hybridized carbons (Fsp3) is 0.706. The van der Waals surface area contributed by atoms with Crippen molar-refractivity contribution in [1.82, 2.24) is 15.5 Å². The number of hydrogen-bond donors (Lipinski definition) is 6. The number of amides is 4. The number of carbonyl (C=O) groups excluding carboxylic acids is 4. The summed E-state index contributed by atoms with van der Waals surface area (Å²) in [6.07, 6.45) is 0.606. The molecule has 1 aliphatic heterocycles. The molecule has 1 aliphatic rings. The van der Waals surface area contributed by atoms with Gasteiger partial charge >= 0.3 is 5.97 Å². The molecule has 11 nitrogen and oxygen atoms in total. The maximum atomic E-state index is 12.8. The SMILES string of the molecule is CC(C)C(NC(=O)C1CCCN1C(=O)C(N)CC(N)=O)C(=O)NC(CS)C(=O)O. The van der Waals surface area contributed by atoms with Gasteiger partial charge in [0.05, 0.1) is 12.5 Å². The zero-order valence-corrected chi connectivity index (χ0v) is 17.4. The number of carbonyl (C=O) groups is 5. The van der Waals surface area contributed by atoms with Crippen LogP contribution in [0.4, 0.5) is 0 Å². The molecule has 4 atom stereocenters. The van der Waals surface area contributed by atoms with E-state index in [4.69, 9.17) is 16.6 Å². The molecular weight excluding hydrogens is 402 g/mol. The molecule has 1 rings (SSSR count). The molecule has 164 valence electrons. The number of carboxylic acids is 1. The van der Waals surface area contributed by atoms with Crippen molar-refractivity contribution in [3.05, 3.63) is 0 Å². The van der Waals surface area contributed by atoms with E-state index >= 15 is 0 Å². The zero-order valence-electron chi connectivity index (χ0n) is 16.5. The molecule has 12 heteroatoms. The van der Waals surface area contributed by atoms with Crippen LogP contribution in [0.1, 0.15) is 33.1 Å². The number of aliphatic carboxylic acids is 1. The normalized spacial score (nSPS) is 19.3. The second-order valence-corrected chi connectivity index (χ2v) is 7.64. The van der Waals surface area contributed by atoms with Gasteiger partial charge in [0.2, 0.25) is 23.6 Å². The lowest BCUT2D eigenvalue weighted by Crippen LogP contribution is -2.58. The molecule has 1 fully saturated rings. The molecule has 0 spiro atoms. The summed E-state index contributed by atoms with van der Waals surface area (Å²) in [7, 11) is 0. The van der Waals surface area contributed by atoms with Crippen LogP contribution in [-0.2, 0) is 24.0 Å². The first kappa shape index (κ1) is 24.7. The van der Waals surface area contributed by atoms with Crippen LogP contribution in [0.5, 0.6) is 0 Å². The van der Waals surface area contributed by atoms with Gasteiger partial charge in [-0.05, 0) is 18.8 Å². The van der Waals surface area contributed by atoms with Crippen LogP contribution in [0.15, 0.2) is 0 Å². The first-order valence-corrected chi connectivity index (χ1v) is 9.91. The third-order valence-electron chi connectivity index (χ3n) is 4.62. The molecule has 0 aromatic carbocycles. The summed E-state index contributed by atoms with van der Waals surface area (Å²) in [4.78, 5) is 61.1. The average Bonchev–Trinajstić information content (AvgIpc) is 3.11. The fourth-order valence-electron chi connectivity index (χ4n) is 3.05. The summed E-state index contributed by atoms with van der Waals surface area (Å²) in [6, 6.07) is -4.17. The highest BCUT2D eigenvalue weighted by Gasteiger charge is 2.38. The van der Waals surface area contributed by atoms with Crippen molar-refractivity contribution in [3.8, 4) is 0 Å². The Balaban J connectivity index is 2.86. The van der Waals surface area contributed by atoms with Crippen molar-refractivity contribution < 1.29 is 29.1 Å². The number of nitrogens with zero attached hydrogens (tertiary/aromatic N) is 1. The molecule has 4 unspecified atom stereocenters. The van der Waals surface area contributed by atoms with Crippen LogP contribution in [0, 0.1) is 5.92 Å². The topological polar surface area (TPSA) is 185 Å². The third kappa shape index (κ3) is 6.89. The first-order valence-electron chi connectivity index (χ1n) is 9.28. The zero-order chi connectivity index (χ0) is 22.3. The minimum absolute atomic E-state index is 0.109. The van der Waals surface area contributed by atoms with E-state index in [9.17, 15) is 24.0 Å². The Morgan fingerprint density at radius 2 is 1.83 bits per heavy atom. The average molecular weight is 432 g/mol. The third-order valence-corrected chi connectivity index (χ3v) is 4.99. The molecule has 0 aromatic rings. The highest BCUT2D eigenvalue weighted by atomic mass is 32.1. The van der Waals surface area contributed by atoms with Gasteiger partial charge < -0.3 is 32.1 Å². The van der Waals surface area contributed by atoms with Gasteiger partial charge in [-0.15, -0.1) is 0 Å². The molecule has 1 saturated heterocycles. The lowest BCUT2D eigenvalue weighted by atomic mass is 10.0. The standard InChI is InChI=1S/C17H29N5O6S/c1-8(2)13(15(25)20-10(7-29)17(27)28)21-14(24)11-4-3-5-22(11)16(26)9(18)6-12(19)23/h8-11,13,29H,3-7,18H2,1-2H3,(H2,19,23)(H,20,25)(H,21,24)(H,27,28). The molecule has 0 aromatic heterocycles. The number of hydrogen-bond acceptors (Lipinski definition) is 7. The van der Waals surface area contributed by atoms with E-state index < -0.39 is 53.8 Å². The highest BCUT2D eigenvalue weighted by Crippen LogP contribution is 2.19. The van der Waals surface area contributed by atoms with Gasteiger partial charge in [-0.25, -0.2) is 4.79 Å². The van der Waals surface area contributed by atoms with E-state index in [0.717, 1.165) is 0 Å². The van der Waals surface area contributed by atoms with Crippen LogP contribution in [0.2, 0.25) is 0 Å². The van der Waals surface area contributed by atoms with Gasteiger partial charge in [0, 0.05) is 12.3 Å². The van der Waals surface area contributed by atoms with Crippen LogP contribution < -0.4 is 22.1 Å².